The summed E-state index contributed by atoms with van der Waals surface area (Å²) in [6, 6.07) is 4.58. The molecule has 0 aromatic heterocycles. The molecule has 0 fully saturated rings. The van der Waals surface area contributed by atoms with Crippen molar-refractivity contribution in [3.63, 3.8) is 0 Å². The van der Waals surface area contributed by atoms with E-state index in [1.54, 1.807) is 6.07 Å². The number of halogens is 9. The molecule has 1 rings (SSSR count). The minimum Gasteiger partial charge on any atom is -0.322 e. The summed E-state index contributed by atoms with van der Waals surface area (Å²) < 4.78 is 115. The summed E-state index contributed by atoms with van der Waals surface area (Å²) in [5, 5.41) is 0. The van der Waals surface area contributed by atoms with Gasteiger partial charge >= 0.3 is 23.9 Å². The molecule has 0 saturated heterocycles. The van der Waals surface area contributed by atoms with E-state index in [1.807, 2.05) is 0 Å². The van der Waals surface area contributed by atoms with Crippen LogP contribution in [0.5, 0.6) is 0 Å². The van der Waals surface area contributed by atoms with Crippen LogP contribution in [0.25, 0.3) is 0 Å². The van der Waals surface area contributed by atoms with E-state index in [0.717, 1.165) is 0 Å². The van der Waals surface area contributed by atoms with Gasteiger partial charge in [-0.2, -0.15) is 39.5 Å². The van der Waals surface area contributed by atoms with Gasteiger partial charge < -0.3 is 5.73 Å². The lowest BCUT2D eigenvalue weighted by Crippen LogP contribution is -2.66. The van der Waals surface area contributed by atoms with Crippen LogP contribution in [0.3, 0.4) is 0 Å². The Morgan fingerprint density at radius 1 is 0.783 bits per heavy atom. The summed E-state index contributed by atoms with van der Waals surface area (Å²) in [5.74, 6) is -19.3. The smallest absolute Gasteiger partial charge is 0.322 e. The van der Waals surface area contributed by atoms with Crippen LogP contribution in [0.4, 0.5) is 39.5 Å². The highest BCUT2D eigenvalue weighted by Crippen LogP contribution is 2.54. The predicted octanol–water partition coefficient (Wildman–Crippen LogP) is 4.41. The lowest BCUT2D eigenvalue weighted by Gasteiger charge is -2.36. The summed E-state index contributed by atoms with van der Waals surface area (Å²) in [6.07, 6.45) is -8.02. The van der Waals surface area contributed by atoms with E-state index in [4.69, 9.17) is 5.73 Å². The van der Waals surface area contributed by atoms with Gasteiger partial charge in [0.15, 0.2) is 0 Å². The molecule has 0 aliphatic heterocycles. The van der Waals surface area contributed by atoms with Crippen LogP contribution >= 0.6 is 0 Å². The Labute approximate surface area is 125 Å². The Kier molecular flexibility index (Phi) is 5.30. The van der Waals surface area contributed by atoms with E-state index in [2.05, 4.69) is 0 Å². The molecule has 1 aromatic carbocycles. The van der Waals surface area contributed by atoms with Gasteiger partial charge in [-0.25, -0.2) is 0 Å². The van der Waals surface area contributed by atoms with Crippen molar-refractivity contribution >= 4 is 0 Å². The van der Waals surface area contributed by atoms with Gasteiger partial charge in [-0.05, 0) is 18.4 Å². The van der Waals surface area contributed by atoms with Gasteiger partial charge in [-0.15, -0.1) is 0 Å². The molecular formula is C13H12F9N. The first-order valence-corrected chi connectivity index (χ1v) is 6.25. The van der Waals surface area contributed by atoms with Gasteiger partial charge in [0.05, 0.1) is 6.04 Å². The second-order valence-corrected chi connectivity index (χ2v) is 4.90. The topological polar surface area (TPSA) is 26.0 Å². The lowest BCUT2D eigenvalue weighted by atomic mass is 9.93. The quantitative estimate of drug-likeness (QED) is 0.753. The average molecular weight is 353 g/mol. The minimum atomic E-state index is -6.91. The number of nitrogens with two attached hydrogens (primary N) is 1. The molecule has 0 bridgehead atoms. The Balaban J connectivity index is 2.95. The van der Waals surface area contributed by atoms with E-state index in [9.17, 15) is 39.5 Å². The van der Waals surface area contributed by atoms with Crippen molar-refractivity contribution < 1.29 is 39.5 Å². The first-order chi connectivity index (χ1) is 10.2. The summed E-state index contributed by atoms with van der Waals surface area (Å²) in [6.45, 7) is 0. The van der Waals surface area contributed by atoms with Crippen molar-refractivity contribution in [2.24, 2.45) is 5.73 Å². The van der Waals surface area contributed by atoms with Gasteiger partial charge in [-0.3, -0.25) is 0 Å². The number of alkyl halides is 9. The standard InChI is InChI=1S/C13H12F9N/c14-10(15,11(16,17)12(18,19)13(20,21)22)9(23)7-6-8-4-2-1-3-5-8/h1-5,9H,6-7,23H2. The van der Waals surface area contributed by atoms with E-state index in [0.29, 0.717) is 5.56 Å². The summed E-state index contributed by atoms with van der Waals surface area (Å²) in [7, 11) is 0. The molecular weight excluding hydrogens is 341 g/mol. The maximum Gasteiger partial charge on any atom is 0.460 e. The van der Waals surface area contributed by atoms with Crippen molar-refractivity contribution in [1.82, 2.24) is 0 Å². The fourth-order valence-corrected chi connectivity index (χ4v) is 1.77. The zero-order valence-corrected chi connectivity index (χ0v) is 11.4. The minimum absolute atomic E-state index is 0.286. The molecule has 0 radical (unpaired) electrons. The van der Waals surface area contributed by atoms with Crippen molar-refractivity contribution in [3.05, 3.63) is 35.9 Å². The molecule has 1 nitrogen and oxygen atoms in total. The van der Waals surface area contributed by atoms with Gasteiger partial charge in [0.2, 0.25) is 0 Å². The zero-order chi connectivity index (χ0) is 18.1. The van der Waals surface area contributed by atoms with Crippen molar-refractivity contribution in [2.45, 2.75) is 42.8 Å². The van der Waals surface area contributed by atoms with Crippen LogP contribution in [-0.2, 0) is 6.42 Å². The van der Waals surface area contributed by atoms with Crippen LogP contribution in [0.2, 0.25) is 0 Å². The number of benzene rings is 1. The van der Waals surface area contributed by atoms with Crippen molar-refractivity contribution in [3.8, 4) is 0 Å². The van der Waals surface area contributed by atoms with Crippen LogP contribution < -0.4 is 5.73 Å². The Bertz CT molecular complexity index is 510. The maximum absolute atomic E-state index is 13.5. The molecule has 2 N–H and O–H groups in total. The third-order valence-electron chi connectivity index (χ3n) is 3.22. The Morgan fingerprint density at radius 2 is 1.26 bits per heavy atom. The van der Waals surface area contributed by atoms with Gasteiger partial charge in [0, 0.05) is 0 Å². The average Bonchev–Trinajstić information content (AvgIpc) is 2.44. The first-order valence-electron chi connectivity index (χ1n) is 6.25. The Hall–Kier alpha value is -1.45. The highest BCUT2D eigenvalue weighted by molar-refractivity contribution is 5.15. The number of hydrogen-bond acceptors (Lipinski definition) is 1. The van der Waals surface area contributed by atoms with E-state index in [1.165, 1.54) is 24.3 Å². The van der Waals surface area contributed by atoms with Crippen LogP contribution in [-0.4, -0.2) is 30.0 Å². The number of rotatable bonds is 6. The fraction of sp³-hybridized carbons (Fsp3) is 0.538. The lowest BCUT2D eigenvalue weighted by molar-refractivity contribution is -0.398. The maximum atomic E-state index is 13.5. The molecule has 0 aliphatic rings. The normalized spacial score (nSPS) is 15.6. The van der Waals surface area contributed by atoms with Crippen molar-refractivity contribution in [1.29, 1.82) is 0 Å². The predicted molar refractivity (Wildman–Crippen MR) is 63.6 cm³/mol. The van der Waals surface area contributed by atoms with Gasteiger partial charge in [0.25, 0.3) is 0 Å². The summed E-state index contributed by atoms with van der Waals surface area (Å²) in [4.78, 5) is 0. The van der Waals surface area contributed by atoms with Crippen molar-refractivity contribution in [2.75, 3.05) is 0 Å². The SMILES string of the molecule is NC(CCc1ccccc1)C(F)(F)C(F)(F)C(F)(F)C(F)(F)F. The third-order valence-corrected chi connectivity index (χ3v) is 3.22. The summed E-state index contributed by atoms with van der Waals surface area (Å²) >= 11 is 0. The van der Waals surface area contributed by atoms with Gasteiger partial charge in [0.1, 0.15) is 0 Å². The molecule has 1 unspecified atom stereocenters. The number of aryl methyl sites for hydroxylation is 1. The fourth-order valence-electron chi connectivity index (χ4n) is 1.77. The summed E-state index contributed by atoms with van der Waals surface area (Å²) in [5.41, 5.74) is 5.19. The molecule has 0 aliphatic carbocycles. The molecule has 0 saturated carbocycles. The van der Waals surface area contributed by atoms with Gasteiger partial charge in [-0.1, -0.05) is 30.3 Å². The monoisotopic (exact) mass is 353 g/mol. The largest absolute Gasteiger partial charge is 0.460 e. The zero-order valence-electron chi connectivity index (χ0n) is 11.4. The second-order valence-electron chi connectivity index (χ2n) is 4.90. The van der Waals surface area contributed by atoms with E-state index < -0.39 is 36.4 Å². The number of hydrogen-bond donors (Lipinski definition) is 1. The highest BCUT2D eigenvalue weighted by atomic mass is 19.4. The molecule has 0 heterocycles. The van der Waals surface area contributed by atoms with Crippen LogP contribution in [0.1, 0.15) is 12.0 Å². The molecule has 132 valence electrons. The molecule has 10 heteroatoms. The highest BCUT2D eigenvalue weighted by Gasteiger charge is 2.82. The third kappa shape index (κ3) is 3.56. The first kappa shape index (κ1) is 19.6. The van der Waals surface area contributed by atoms with Crippen LogP contribution in [0.15, 0.2) is 30.3 Å². The molecule has 23 heavy (non-hydrogen) atoms. The Morgan fingerprint density at radius 3 is 1.70 bits per heavy atom. The molecule has 1 aromatic rings. The van der Waals surface area contributed by atoms with Crippen LogP contribution in [0, 0.1) is 0 Å². The molecule has 0 spiro atoms. The molecule has 0 amide bonds. The second kappa shape index (κ2) is 6.21. The van der Waals surface area contributed by atoms with E-state index >= 15 is 0 Å². The van der Waals surface area contributed by atoms with E-state index in [-0.39, 0.29) is 6.42 Å². The molecule has 1 atom stereocenters.